The summed E-state index contributed by atoms with van der Waals surface area (Å²) in [6.07, 6.45) is 0. The number of carbonyl (C=O) groups is 4. The lowest BCUT2D eigenvalue weighted by atomic mass is 10.2. The Kier molecular flexibility index (Phi) is 11.2. The Morgan fingerprint density at radius 2 is 1.07 bits per heavy atom. The molecule has 0 aliphatic heterocycles. The summed E-state index contributed by atoms with van der Waals surface area (Å²) in [6, 6.07) is 0. The van der Waals surface area contributed by atoms with Crippen LogP contribution in [0.15, 0.2) is 0 Å². The largest absolute Gasteiger partial charge is 0.480 e. The molecule has 0 fully saturated rings. The molecule has 0 amide bonds. The molecule has 0 heterocycles. The Bertz CT molecular complexity index is 537. The second-order valence-corrected chi connectivity index (χ2v) is 11.4. The molecule has 0 aliphatic carbocycles. The first kappa shape index (κ1) is 27.6. The molecule has 0 aromatic carbocycles. The van der Waals surface area contributed by atoms with E-state index in [4.69, 9.17) is 30.1 Å². The van der Waals surface area contributed by atoms with Gasteiger partial charge in [-0.1, -0.05) is 36.2 Å². The first-order chi connectivity index (χ1) is 13.2. The summed E-state index contributed by atoms with van der Waals surface area (Å²) < 4.78 is 0. The Labute approximate surface area is 172 Å². The molecule has 168 valence electrons. The van der Waals surface area contributed by atoms with E-state index in [0.29, 0.717) is 0 Å². The van der Waals surface area contributed by atoms with Gasteiger partial charge in [0.1, 0.15) is 0 Å². The first-order valence-corrected chi connectivity index (χ1v) is 10.9. The number of hydrogen-bond acceptors (Lipinski definition) is 7. The van der Waals surface area contributed by atoms with E-state index in [1.54, 1.807) is 20.8 Å². The van der Waals surface area contributed by atoms with Crippen LogP contribution in [0.2, 0.25) is 0 Å². The number of carboxylic acid groups (broad SMARTS) is 4. The van der Waals surface area contributed by atoms with Gasteiger partial charge in [-0.05, 0) is 20.8 Å². The molecule has 0 radical (unpaired) electrons. The summed E-state index contributed by atoms with van der Waals surface area (Å²) in [5.41, 5.74) is -0.766. The van der Waals surface area contributed by atoms with Gasteiger partial charge in [0.15, 0.2) is 10.3 Å². The summed E-state index contributed by atoms with van der Waals surface area (Å²) in [6.45, 7) is 7.64. The molecular formula is C16H29NO10P2. The van der Waals surface area contributed by atoms with E-state index < -0.39 is 51.4 Å². The van der Waals surface area contributed by atoms with Crippen molar-refractivity contribution in [1.29, 1.82) is 0 Å². The van der Waals surface area contributed by atoms with Crippen LogP contribution in [0.25, 0.3) is 0 Å². The summed E-state index contributed by atoms with van der Waals surface area (Å²) in [5, 5.41) is 33.9. The maximum Gasteiger partial charge on any atom is 0.324 e. The van der Waals surface area contributed by atoms with Gasteiger partial charge in [-0.2, -0.15) is 0 Å². The first-order valence-electron chi connectivity index (χ1n) is 8.73. The van der Waals surface area contributed by atoms with Gasteiger partial charge in [0, 0.05) is 17.9 Å². The molecule has 0 aromatic rings. The maximum absolute atomic E-state index is 11.2. The Hall–Kier alpha value is -1.38. The van der Waals surface area contributed by atoms with Crippen molar-refractivity contribution in [2.75, 3.05) is 19.8 Å². The average molecular weight is 457 g/mol. The lowest BCUT2D eigenvalue weighted by Crippen LogP contribution is -2.41. The van der Waals surface area contributed by atoms with Crippen LogP contribution in [0.5, 0.6) is 0 Å². The third kappa shape index (κ3) is 8.10. The van der Waals surface area contributed by atoms with Crippen molar-refractivity contribution in [1.82, 2.24) is 5.23 Å². The van der Waals surface area contributed by atoms with Crippen LogP contribution in [0.3, 0.4) is 0 Å². The average Bonchev–Trinajstić information content (AvgIpc) is 2.60. The summed E-state index contributed by atoms with van der Waals surface area (Å²) in [5.74, 6) is -5.69. The molecule has 0 aromatic heterocycles. The number of rotatable bonds is 15. The quantitative estimate of drug-likeness (QED) is 0.158. The van der Waals surface area contributed by atoms with Crippen molar-refractivity contribution in [2.24, 2.45) is 0 Å². The normalized spacial score (nSPS) is 15.2. The highest BCUT2D eigenvalue weighted by molar-refractivity contribution is 7.44. The van der Waals surface area contributed by atoms with Gasteiger partial charge in [0.2, 0.25) is 0 Å². The topological polar surface area (TPSA) is 171 Å². The number of aliphatic carboxylic acids is 4. The smallest absolute Gasteiger partial charge is 0.324 e. The van der Waals surface area contributed by atoms with Crippen molar-refractivity contribution in [3.63, 3.8) is 0 Å². The highest BCUT2D eigenvalue weighted by atomic mass is 31.1. The fraction of sp³-hybridized carbons (Fsp3) is 0.750. The highest BCUT2D eigenvalue weighted by Gasteiger charge is 2.43. The lowest BCUT2D eigenvalue weighted by Gasteiger charge is -2.27. The molecule has 4 atom stereocenters. The standard InChI is InChI=1S/C16H29NO10P2/c1-6-17(26-7-9(2)28-15(4,11(18)19)12(20)21)27-8-10(3)29-16(5,13(22)23)14(24)25/h9-10,28-29H,6-8H2,1-5H3,(H,18,19)(H,20,21)(H,22,23)(H,24,25). The minimum Gasteiger partial charge on any atom is -0.480 e. The van der Waals surface area contributed by atoms with Crippen LogP contribution >= 0.6 is 17.2 Å². The predicted octanol–water partition coefficient (Wildman–Crippen LogP) is 1.16. The van der Waals surface area contributed by atoms with E-state index in [2.05, 4.69) is 0 Å². The minimum atomic E-state index is -1.91. The maximum atomic E-state index is 11.2. The zero-order chi connectivity index (χ0) is 23.0. The number of carboxylic acids is 4. The van der Waals surface area contributed by atoms with Gasteiger partial charge in [-0.3, -0.25) is 28.9 Å². The molecule has 0 aliphatic rings. The van der Waals surface area contributed by atoms with Crippen LogP contribution in [-0.2, 0) is 28.9 Å². The molecule has 11 nitrogen and oxygen atoms in total. The van der Waals surface area contributed by atoms with Crippen LogP contribution in [0.1, 0.15) is 34.6 Å². The Morgan fingerprint density at radius 1 is 0.793 bits per heavy atom. The molecule has 0 bridgehead atoms. The molecule has 0 saturated carbocycles. The third-order valence-electron chi connectivity index (χ3n) is 3.98. The van der Waals surface area contributed by atoms with Gasteiger partial charge in [0.05, 0.1) is 13.2 Å². The summed E-state index contributed by atoms with van der Waals surface area (Å²) in [4.78, 5) is 55.9. The van der Waals surface area contributed by atoms with E-state index in [-0.39, 0.29) is 31.1 Å². The van der Waals surface area contributed by atoms with Crippen molar-refractivity contribution >= 4 is 41.0 Å². The Balaban J connectivity index is 4.68. The number of hydrogen-bond donors (Lipinski definition) is 4. The summed E-state index contributed by atoms with van der Waals surface area (Å²) >= 11 is 0. The van der Waals surface area contributed by atoms with E-state index in [0.717, 1.165) is 19.1 Å². The molecule has 0 saturated heterocycles. The number of hydroxylamine groups is 2. The van der Waals surface area contributed by atoms with E-state index in [1.165, 1.54) is 0 Å². The molecule has 13 heteroatoms. The fourth-order valence-corrected chi connectivity index (χ4v) is 4.89. The minimum absolute atomic E-state index is 0.0149. The zero-order valence-electron chi connectivity index (χ0n) is 17.0. The van der Waals surface area contributed by atoms with Crippen molar-refractivity contribution in [2.45, 2.75) is 56.2 Å². The van der Waals surface area contributed by atoms with Crippen LogP contribution in [0, 0.1) is 0 Å². The second kappa shape index (κ2) is 11.7. The fourth-order valence-electron chi connectivity index (χ4n) is 2.11. The second-order valence-electron chi connectivity index (χ2n) is 6.80. The van der Waals surface area contributed by atoms with E-state index >= 15 is 0 Å². The van der Waals surface area contributed by atoms with Crippen LogP contribution in [0.4, 0.5) is 0 Å². The highest BCUT2D eigenvalue weighted by Crippen LogP contribution is 2.38. The number of nitrogens with zero attached hydrogens (tertiary/aromatic N) is 1. The van der Waals surface area contributed by atoms with Crippen molar-refractivity contribution in [3.05, 3.63) is 0 Å². The van der Waals surface area contributed by atoms with Gasteiger partial charge in [0.25, 0.3) is 0 Å². The monoisotopic (exact) mass is 457 g/mol. The van der Waals surface area contributed by atoms with Crippen molar-refractivity contribution < 1.29 is 49.3 Å². The Morgan fingerprint density at radius 3 is 1.28 bits per heavy atom. The molecule has 0 spiro atoms. The van der Waals surface area contributed by atoms with Crippen LogP contribution in [-0.4, -0.2) is 90.9 Å². The van der Waals surface area contributed by atoms with E-state index in [1.807, 2.05) is 0 Å². The van der Waals surface area contributed by atoms with Gasteiger partial charge >= 0.3 is 23.9 Å². The molecule has 4 N–H and O–H groups in total. The summed E-state index contributed by atoms with van der Waals surface area (Å²) in [7, 11) is -0.880. The molecular weight excluding hydrogens is 428 g/mol. The van der Waals surface area contributed by atoms with E-state index in [9.17, 15) is 19.2 Å². The molecule has 29 heavy (non-hydrogen) atoms. The SMILES string of the molecule is CCN(OCC(C)PC(C)(C(=O)O)C(=O)O)OCC(C)PC(C)(C(=O)O)C(=O)O. The molecule has 4 unspecified atom stereocenters. The van der Waals surface area contributed by atoms with Crippen LogP contribution < -0.4 is 0 Å². The van der Waals surface area contributed by atoms with Crippen molar-refractivity contribution in [3.8, 4) is 0 Å². The third-order valence-corrected chi connectivity index (χ3v) is 7.31. The zero-order valence-corrected chi connectivity index (χ0v) is 19.0. The van der Waals surface area contributed by atoms with Gasteiger partial charge in [-0.15, -0.1) is 0 Å². The van der Waals surface area contributed by atoms with Gasteiger partial charge in [-0.25, -0.2) is 0 Å². The molecule has 0 rings (SSSR count). The van der Waals surface area contributed by atoms with Gasteiger partial charge < -0.3 is 20.4 Å². The lowest BCUT2D eigenvalue weighted by molar-refractivity contribution is -0.365. The predicted molar refractivity (Wildman–Crippen MR) is 107 cm³/mol.